The third-order valence-corrected chi connectivity index (χ3v) is 6.23. The summed E-state index contributed by atoms with van der Waals surface area (Å²) in [7, 11) is -3.74. The fraction of sp³-hybridized carbons (Fsp3) is 0.391. The van der Waals surface area contributed by atoms with Crippen molar-refractivity contribution in [1.29, 1.82) is 0 Å². The maximum atomic E-state index is 13.4. The minimum absolute atomic E-state index is 0.0998. The lowest BCUT2D eigenvalue weighted by Crippen LogP contribution is -2.52. The van der Waals surface area contributed by atoms with Gasteiger partial charge in [-0.25, -0.2) is 8.42 Å². The number of halogens is 1. The minimum atomic E-state index is -3.74. The van der Waals surface area contributed by atoms with E-state index in [-0.39, 0.29) is 18.5 Å². The number of nitrogens with zero attached hydrogens (tertiary/aromatic N) is 2. The first kappa shape index (κ1) is 25.7. The number of hydrogen-bond donors (Lipinski definition) is 1. The predicted molar refractivity (Wildman–Crippen MR) is 128 cm³/mol. The molecule has 0 aliphatic heterocycles. The zero-order chi connectivity index (χ0) is 24.1. The Bertz CT molecular complexity index is 1060. The molecule has 174 valence electrons. The van der Waals surface area contributed by atoms with Crippen molar-refractivity contribution < 1.29 is 18.0 Å². The molecule has 0 saturated carbocycles. The molecule has 2 aromatic carbocycles. The molecule has 0 aromatic heterocycles. The number of benzene rings is 2. The summed E-state index contributed by atoms with van der Waals surface area (Å²) in [6.45, 7) is 6.85. The standard InChI is InChI=1S/C23H30ClN3O4S/c1-16(2)25-23(29)18(4)26(14-19-9-11-20(24)12-10-19)22(28)15-27(32(5,30)31)21-8-6-7-17(3)13-21/h6-13,16,18H,14-15H2,1-5H3,(H,25,29). The molecule has 0 heterocycles. The summed E-state index contributed by atoms with van der Waals surface area (Å²) >= 11 is 5.96. The van der Waals surface area contributed by atoms with E-state index >= 15 is 0 Å². The maximum Gasteiger partial charge on any atom is 0.244 e. The Morgan fingerprint density at radius 1 is 1.06 bits per heavy atom. The van der Waals surface area contributed by atoms with E-state index in [0.29, 0.717) is 10.7 Å². The van der Waals surface area contributed by atoms with Crippen LogP contribution in [0, 0.1) is 6.92 Å². The molecule has 9 heteroatoms. The molecule has 0 aliphatic carbocycles. The maximum absolute atomic E-state index is 13.4. The van der Waals surface area contributed by atoms with Crippen molar-refractivity contribution in [2.24, 2.45) is 0 Å². The molecule has 1 unspecified atom stereocenters. The van der Waals surface area contributed by atoms with Crippen LogP contribution < -0.4 is 9.62 Å². The highest BCUT2D eigenvalue weighted by atomic mass is 35.5. The van der Waals surface area contributed by atoms with Gasteiger partial charge in [0, 0.05) is 17.6 Å². The van der Waals surface area contributed by atoms with Gasteiger partial charge in [0.2, 0.25) is 21.8 Å². The monoisotopic (exact) mass is 479 g/mol. The summed E-state index contributed by atoms with van der Waals surface area (Å²) in [5.74, 6) is -0.804. The first-order chi connectivity index (χ1) is 14.9. The Labute approximate surface area is 195 Å². The topological polar surface area (TPSA) is 86.8 Å². The number of nitrogens with one attached hydrogen (secondary N) is 1. The second-order valence-corrected chi connectivity index (χ2v) is 10.4. The summed E-state index contributed by atoms with van der Waals surface area (Å²) in [6.07, 6.45) is 1.06. The van der Waals surface area contributed by atoms with Crippen molar-refractivity contribution in [2.75, 3.05) is 17.1 Å². The van der Waals surface area contributed by atoms with Crippen molar-refractivity contribution in [3.8, 4) is 0 Å². The number of anilines is 1. The van der Waals surface area contributed by atoms with Crippen molar-refractivity contribution in [2.45, 2.75) is 46.3 Å². The Balaban J connectivity index is 2.38. The first-order valence-corrected chi connectivity index (χ1v) is 12.5. The van der Waals surface area contributed by atoms with Crippen molar-refractivity contribution >= 4 is 39.1 Å². The van der Waals surface area contributed by atoms with Crippen LogP contribution in [-0.4, -0.2) is 50.0 Å². The zero-order valence-corrected chi connectivity index (χ0v) is 20.6. The van der Waals surface area contributed by atoms with Gasteiger partial charge < -0.3 is 10.2 Å². The number of sulfonamides is 1. The number of amides is 2. The molecule has 0 aliphatic rings. The van der Waals surface area contributed by atoms with Gasteiger partial charge in [-0.05, 0) is 63.1 Å². The Morgan fingerprint density at radius 3 is 2.22 bits per heavy atom. The lowest BCUT2D eigenvalue weighted by Gasteiger charge is -2.32. The molecular formula is C23H30ClN3O4S. The molecule has 2 rings (SSSR count). The van der Waals surface area contributed by atoms with E-state index in [9.17, 15) is 18.0 Å². The molecule has 0 radical (unpaired) electrons. The number of hydrogen-bond acceptors (Lipinski definition) is 4. The normalized spacial score (nSPS) is 12.3. The largest absolute Gasteiger partial charge is 0.352 e. The number of carbonyl (C=O) groups excluding carboxylic acids is 2. The average molecular weight is 480 g/mol. The number of aryl methyl sites for hydroxylation is 1. The Kier molecular flexibility index (Phi) is 8.69. The summed E-state index contributed by atoms with van der Waals surface area (Å²) in [6, 6.07) is 13.0. The third kappa shape index (κ3) is 7.24. The van der Waals surface area contributed by atoms with Crippen molar-refractivity contribution in [3.05, 3.63) is 64.7 Å². The van der Waals surface area contributed by atoms with Crippen LogP contribution in [0.1, 0.15) is 31.9 Å². The van der Waals surface area contributed by atoms with Gasteiger partial charge in [-0.15, -0.1) is 0 Å². The number of carbonyl (C=O) groups is 2. The molecule has 0 bridgehead atoms. The van der Waals surface area contributed by atoms with Crippen LogP contribution in [0.25, 0.3) is 0 Å². The Morgan fingerprint density at radius 2 is 1.69 bits per heavy atom. The van der Waals surface area contributed by atoms with Crippen LogP contribution in [-0.2, 0) is 26.2 Å². The third-order valence-electron chi connectivity index (χ3n) is 4.83. The molecule has 0 saturated heterocycles. The molecule has 1 atom stereocenters. The van der Waals surface area contributed by atoms with E-state index in [1.54, 1.807) is 49.4 Å². The number of rotatable bonds is 9. The summed E-state index contributed by atoms with van der Waals surface area (Å²) < 4.78 is 26.1. The van der Waals surface area contributed by atoms with E-state index in [2.05, 4.69) is 5.32 Å². The van der Waals surface area contributed by atoms with E-state index in [0.717, 1.165) is 21.7 Å². The van der Waals surface area contributed by atoms with Crippen molar-refractivity contribution in [1.82, 2.24) is 10.2 Å². The van der Waals surface area contributed by atoms with Crippen molar-refractivity contribution in [3.63, 3.8) is 0 Å². The molecule has 32 heavy (non-hydrogen) atoms. The summed E-state index contributed by atoms with van der Waals surface area (Å²) in [5.41, 5.74) is 2.03. The van der Waals surface area contributed by atoms with Gasteiger partial charge in [-0.2, -0.15) is 0 Å². The fourth-order valence-electron chi connectivity index (χ4n) is 3.17. The highest BCUT2D eigenvalue weighted by Crippen LogP contribution is 2.20. The van der Waals surface area contributed by atoms with Crippen LogP contribution in [0.15, 0.2) is 48.5 Å². The van der Waals surface area contributed by atoms with E-state index in [1.165, 1.54) is 4.90 Å². The Hall–Kier alpha value is -2.58. The van der Waals surface area contributed by atoms with Crippen LogP contribution in [0.4, 0.5) is 5.69 Å². The minimum Gasteiger partial charge on any atom is -0.352 e. The molecule has 0 fully saturated rings. The average Bonchev–Trinajstić information content (AvgIpc) is 2.69. The lowest BCUT2D eigenvalue weighted by atomic mass is 10.1. The van der Waals surface area contributed by atoms with Gasteiger partial charge in [0.05, 0.1) is 11.9 Å². The van der Waals surface area contributed by atoms with E-state index < -0.39 is 28.5 Å². The quantitative estimate of drug-likeness (QED) is 0.597. The predicted octanol–water partition coefficient (Wildman–Crippen LogP) is 3.36. The van der Waals surface area contributed by atoms with Crippen LogP contribution in [0.5, 0.6) is 0 Å². The van der Waals surface area contributed by atoms with Gasteiger partial charge in [0.15, 0.2) is 0 Å². The molecule has 0 spiro atoms. The van der Waals surface area contributed by atoms with Crippen LogP contribution >= 0.6 is 11.6 Å². The molecule has 7 nitrogen and oxygen atoms in total. The van der Waals surface area contributed by atoms with E-state index in [4.69, 9.17) is 11.6 Å². The second kappa shape index (κ2) is 10.8. The molecule has 2 amide bonds. The summed E-state index contributed by atoms with van der Waals surface area (Å²) in [5, 5.41) is 3.37. The van der Waals surface area contributed by atoms with Crippen LogP contribution in [0.3, 0.4) is 0 Å². The van der Waals surface area contributed by atoms with Gasteiger partial charge in [-0.1, -0.05) is 35.9 Å². The van der Waals surface area contributed by atoms with E-state index in [1.807, 2.05) is 26.8 Å². The first-order valence-electron chi connectivity index (χ1n) is 10.3. The van der Waals surface area contributed by atoms with Gasteiger partial charge >= 0.3 is 0 Å². The molecule has 2 aromatic rings. The fourth-order valence-corrected chi connectivity index (χ4v) is 4.14. The highest BCUT2D eigenvalue weighted by molar-refractivity contribution is 7.92. The smallest absolute Gasteiger partial charge is 0.244 e. The molecular weight excluding hydrogens is 450 g/mol. The second-order valence-electron chi connectivity index (χ2n) is 8.10. The lowest BCUT2D eigenvalue weighted by molar-refractivity contribution is -0.139. The zero-order valence-electron chi connectivity index (χ0n) is 19.0. The highest BCUT2D eigenvalue weighted by Gasteiger charge is 2.30. The van der Waals surface area contributed by atoms with Gasteiger partial charge in [0.1, 0.15) is 12.6 Å². The van der Waals surface area contributed by atoms with Gasteiger partial charge in [0.25, 0.3) is 0 Å². The van der Waals surface area contributed by atoms with Crippen LogP contribution in [0.2, 0.25) is 5.02 Å². The summed E-state index contributed by atoms with van der Waals surface area (Å²) in [4.78, 5) is 27.4. The van der Waals surface area contributed by atoms with Gasteiger partial charge in [-0.3, -0.25) is 13.9 Å². The molecule has 1 N–H and O–H groups in total. The SMILES string of the molecule is Cc1cccc(N(CC(=O)N(Cc2ccc(Cl)cc2)C(C)C(=O)NC(C)C)S(C)(=O)=O)c1.